The molecule has 0 radical (unpaired) electrons. The highest BCUT2D eigenvalue weighted by Gasteiger charge is 2.46. The molecule has 5 rings (SSSR count). The molecule has 3 heterocycles. The normalized spacial score (nSPS) is 24.6. The predicted octanol–water partition coefficient (Wildman–Crippen LogP) is 2.08. The molecule has 1 saturated carbocycles. The predicted molar refractivity (Wildman–Crippen MR) is 148 cm³/mol. The van der Waals surface area contributed by atoms with Gasteiger partial charge in [-0.1, -0.05) is 19.8 Å². The molecule has 0 saturated heterocycles. The fourth-order valence-corrected chi connectivity index (χ4v) is 7.08. The number of carbonyl (C=O) groups is 1. The van der Waals surface area contributed by atoms with Crippen molar-refractivity contribution in [3.05, 3.63) is 35.9 Å². The number of hydrogen-bond acceptors (Lipinski definition) is 9. The molecule has 38 heavy (non-hydrogen) atoms. The molecule has 1 aromatic carbocycles. The number of nitrogens with zero attached hydrogens (tertiary/aromatic N) is 3. The fourth-order valence-electron chi connectivity index (χ4n) is 5.96. The van der Waals surface area contributed by atoms with Crippen LogP contribution < -0.4 is 26.4 Å². The molecule has 11 nitrogen and oxygen atoms in total. The van der Waals surface area contributed by atoms with E-state index in [4.69, 9.17) is 10.5 Å². The van der Waals surface area contributed by atoms with Crippen LogP contribution in [0.25, 0.3) is 10.9 Å². The van der Waals surface area contributed by atoms with E-state index in [1.54, 1.807) is 38.2 Å². The number of aromatic nitrogens is 1. The lowest BCUT2D eigenvalue weighted by atomic mass is 10.0. The highest BCUT2D eigenvalue weighted by atomic mass is 32.2. The minimum absolute atomic E-state index is 0.261. The Morgan fingerprint density at radius 3 is 2.58 bits per heavy atom. The van der Waals surface area contributed by atoms with Crippen LogP contribution in [0.15, 0.2) is 35.9 Å². The SMILES string of the molecule is CCC1CN(C)C2=C(N[C@@](N)(Nc3cc4ccn(S(=O)(=O)C(C)C)c4cc3OC)NC2=O)N1C1CCCC1. The molecular weight excluding hydrogens is 506 g/mol. The smallest absolute Gasteiger partial charge is 0.275 e. The topological polar surface area (TPSA) is 134 Å². The van der Waals surface area contributed by atoms with Crippen LogP contribution in [0.3, 0.4) is 0 Å². The number of rotatable bonds is 7. The molecular formula is C26H39N7O4S. The zero-order valence-electron chi connectivity index (χ0n) is 22.7. The molecule has 1 fully saturated rings. The monoisotopic (exact) mass is 545 g/mol. The van der Waals surface area contributed by atoms with Crippen molar-refractivity contribution in [2.24, 2.45) is 5.73 Å². The van der Waals surface area contributed by atoms with Crippen LogP contribution in [-0.4, -0.2) is 72.0 Å². The van der Waals surface area contributed by atoms with Gasteiger partial charge in [0, 0.05) is 43.3 Å². The maximum Gasteiger partial charge on any atom is 0.275 e. The van der Waals surface area contributed by atoms with Crippen molar-refractivity contribution in [2.75, 3.05) is 26.0 Å². The summed E-state index contributed by atoms with van der Waals surface area (Å²) in [4.78, 5) is 17.8. The lowest BCUT2D eigenvalue weighted by Crippen LogP contribution is -2.76. The van der Waals surface area contributed by atoms with Crippen molar-refractivity contribution in [1.82, 2.24) is 24.4 Å². The lowest BCUT2D eigenvalue weighted by Gasteiger charge is -2.52. The average molecular weight is 546 g/mol. The van der Waals surface area contributed by atoms with E-state index in [2.05, 4.69) is 27.8 Å². The fraction of sp³-hybridized carbons (Fsp3) is 0.577. The molecule has 1 unspecified atom stereocenters. The Labute approximate surface area is 224 Å². The van der Waals surface area contributed by atoms with E-state index in [0.29, 0.717) is 34.1 Å². The van der Waals surface area contributed by atoms with Gasteiger partial charge in [0.1, 0.15) is 17.3 Å². The first-order chi connectivity index (χ1) is 18.0. The second-order valence-electron chi connectivity index (χ2n) is 10.8. The molecule has 0 spiro atoms. The van der Waals surface area contributed by atoms with Crippen LogP contribution in [0, 0.1) is 0 Å². The Morgan fingerprint density at radius 2 is 1.95 bits per heavy atom. The van der Waals surface area contributed by atoms with E-state index in [0.717, 1.165) is 31.6 Å². The van der Waals surface area contributed by atoms with E-state index < -0.39 is 21.2 Å². The summed E-state index contributed by atoms with van der Waals surface area (Å²) in [7, 11) is -0.104. The van der Waals surface area contributed by atoms with Gasteiger partial charge in [0.2, 0.25) is 15.9 Å². The molecule has 208 valence electrons. The van der Waals surface area contributed by atoms with Gasteiger partial charge < -0.3 is 25.2 Å². The number of likely N-dealkylation sites (N-methyl/N-ethyl adjacent to an activating group) is 1. The van der Waals surface area contributed by atoms with Crippen LogP contribution in [0.4, 0.5) is 5.69 Å². The van der Waals surface area contributed by atoms with Gasteiger partial charge in [-0.15, -0.1) is 0 Å². The second-order valence-corrected chi connectivity index (χ2v) is 13.2. The maximum absolute atomic E-state index is 13.4. The minimum atomic E-state index is -3.55. The molecule has 3 aliphatic rings. The van der Waals surface area contributed by atoms with Crippen molar-refractivity contribution in [3.63, 3.8) is 0 Å². The van der Waals surface area contributed by atoms with Gasteiger partial charge in [-0.3, -0.25) is 15.8 Å². The Bertz CT molecular complexity index is 1380. The summed E-state index contributed by atoms with van der Waals surface area (Å²) in [5, 5.41) is 9.66. The molecule has 2 aromatic rings. The Kier molecular flexibility index (Phi) is 6.67. The van der Waals surface area contributed by atoms with Crippen LogP contribution in [0.5, 0.6) is 5.75 Å². The van der Waals surface area contributed by atoms with Crippen molar-refractivity contribution in [3.8, 4) is 5.75 Å². The standard InChI is InChI=1S/C26H39N7O4S/c1-6-18-15-31(4)23-24(33(18)19-9-7-8-10-19)29-26(27,30-25(23)34)28-20-13-17-11-12-32(38(35,36)16(2)3)21(17)14-22(20)37-5/h11-14,16,18-19,28-29H,6-10,15,27H2,1-5H3,(H,30,34)/t18?,26-/m1/s1. The van der Waals surface area contributed by atoms with Gasteiger partial charge in [0.25, 0.3) is 5.91 Å². The summed E-state index contributed by atoms with van der Waals surface area (Å²) in [6, 6.07) is 5.81. The Morgan fingerprint density at radius 1 is 1.24 bits per heavy atom. The number of nitrogens with one attached hydrogen (secondary N) is 3. The van der Waals surface area contributed by atoms with E-state index in [-0.39, 0.29) is 11.9 Å². The summed E-state index contributed by atoms with van der Waals surface area (Å²) in [6.07, 6.45) is 7.03. The molecule has 1 aliphatic carbocycles. The molecule has 1 aromatic heterocycles. The summed E-state index contributed by atoms with van der Waals surface area (Å²) in [5.41, 5.74) is 8.38. The number of amides is 1. The highest BCUT2D eigenvalue weighted by Crippen LogP contribution is 2.37. The number of nitrogens with two attached hydrogens (primary N) is 1. The molecule has 2 atom stereocenters. The van der Waals surface area contributed by atoms with E-state index >= 15 is 0 Å². The Balaban J connectivity index is 1.52. The minimum Gasteiger partial charge on any atom is -0.495 e. The third kappa shape index (κ3) is 4.33. The van der Waals surface area contributed by atoms with E-state index in [9.17, 15) is 13.2 Å². The van der Waals surface area contributed by atoms with E-state index in [1.165, 1.54) is 23.9 Å². The zero-order valence-corrected chi connectivity index (χ0v) is 23.6. The van der Waals surface area contributed by atoms with Gasteiger partial charge in [-0.2, -0.15) is 0 Å². The van der Waals surface area contributed by atoms with Gasteiger partial charge >= 0.3 is 0 Å². The van der Waals surface area contributed by atoms with Crippen LogP contribution in [0.2, 0.25) is 0 Å². The first kappa shape index (κ1) is 26.5. The van der Waals surface area contributed by atoms with Crippen LogP contribution >= 0.6 is 0 Å². The zero-order chi connectivity index (χ0) is 27.4. The van der Waals surface area contributed by atoms with Crippen molar-refractivity contribution in [2.45, 2.75) is 76.1 Å². The molecule has 12 heteroatoms. The lowest BCUT2D eigenvalue weighted by molar-refractivity contribution is -0.123. The molecule has 0 bridgehead atoms. The average Bonchev–Trinajstić information content (AvgIpc) is 3.52. The number of methoxy groups -OCH3 is 1. The number of hydrogen-bond donors (Lipinski definition) is 4. The quantitative estimate of drug-likeness (QED) is 0.386. The van der Waals surface area contributed by atoms with Crippen molar-refractivity contribution >= 4 is 32.5 Å². The maximum atomic E-state index is 13.4. The highest BCUT2D eigenvalue weighted by molar-refractivity contribution is 7.90. The molecule has 1 amide bonds. The van der Waals surface area contributed by atoms with Gasteiger partial charge in [0.05, 0.1) is 23.6 Å². The first-order valence-corrected chi connectivity index (χ1v) is 14.8. The number of fused-ring (bicyclic) bond motifs is 1. The van der Waals surface area contributed by atoms with Gasteiger partial charge in [-0.05, 0) is 45.2 Å². The third-order valence-electron chi connectivity index (χ3n) is 7.95. The van der Waals surface area contributed by atoms with Crippen molar-refractivity contribution in [1.29, 1.82) is 0 Å². The first-order valence-electron chi connectivity index (χ1n) is 13.3. The summed E-state index contributed by atoms with van der Waals surface area (Å²) >= 11 is 0. The number of anilines is 1. The van der Waals surface area contributed by atoms with Gasteiger partial charge in [0.15, 0.2) is 0 Å². The molecule has 5 N–H and O–H groups in total. The number of carbonyl (C=O) groups excluding carboxylic acids is 1. The van der Waals surface area contributed by atoms with Gasteiger partial charge in [-0.25, -0.2) is 12.4 Å². The third-order valence-corrected chi connectivity index (χ3v) is 10.0. The molecule has 2 aliphatic heterocycles. The number of ether oxygens (including phenoxy) is 1. The summed E-state index contributed by atoms with van der Waals surface area (Å²) in [6.45, 7) is 6.24. The van der Waals surface area contributed by atoms with Crippen molar-refractivity contribution < 1.29 is 17.9 Å². The summed E-state index contributed by atoms with van der Waals surface area (Å²) in [5.74, 6) is -0.623. The number of benzene rings is 1. The van der Waals surface area contributed by atoms with Crippen LogP contribution in [-0.2, 0) is 14.8 Å². The second kappa shape index (κ2) is 9.57. The largest absolute Gasteiger partial charge is 0.495 e. The Hall–Kier alpha value is -3.12. The van der Waals surface area contributed by atoms with Crippen LogP contribution in [0.1, 0.15) is 52.9 Å². The summed E-state index contributed by atoms with van der Waals surface area (Å²) < 4.78 is 32.6. The van der Waals surface area contributed by atoms with E-state index in [1.807, 2.05) is 11.9 Å².